The van der Waals surface area contributed by atoms with Gasteiger partial charge in [0.05, 0.1) is 18.3 Å². The Kier molecular flexibility index (Phi) is 9.26. The fourth-order valence-electron chi connectivity index (χ4n) is 3.78. The van der Waals surface area contributed by atoms with E-state index < -0.39 is 0 Å². The number of para-hydroxylation sites is 1. The van der Waals surface area contributed by atoms with Crippen LogP contribution in [0.25, 0.3) is 22.2 Å². The number of nitrogens with zero attached hydrogens (tertiary/aromatic N) is 3. The van der Waals surface area contributed by atoms with Gasteiger partial charge in [0.2, 0.25) is 0 Å². The largest absolute Gasteiger partial charge is 0.497 e. The Labute approximate surface area is 191 Å². The lowest BCUT2D eigenvalue weighted by Crippen LogP contribution is -2.28. The molecule has 0 aliphatic carbocycles. The van der Waals surface area contributed by atoms with Gasteiger partial charge in [-0.1, -0.05) is 18.2 Å². The molecule has 3 rings (SSSR count). The third kappa shape index (κ3) is 6.90. The van der Waals surface area contributed by atoms with Crippen molar-refractivity contribution in [3.8, 4) is 17.0 Å². The average Bonchev–Trinajstić information content (AvgIpc) is 2.82. The SMILES string of the molecule is COc1ccc(-c2cc(NCCCN(C)CCCN(C)CCF)c3ccccc3n2)cc1. The van der Waals surface area contributed by atoms with Gasteiger partial charge in [-0.3, -0.25) is 0 Å². The zero-order valence-corrected chi connectivity index (χ0v) is 19.5. The summed E-state index contributed by atoms with van der Waals surface area (Å²) in [5.41, 5.74) is 4.11. The summed E-state index contributed by atoms with van der Waals surface area (Å²) >= 11 is 0. The molecule has 0 atom stereocenters. The fraction of sp³-hybridized carbons (Fsp3) is 0.423. The highest BCUT2D eigenvalue weighted by atomic mass is 19.1. The van der Waals surface area contributed by atoms with Gasteiger partial charge in [0.25, 0.3) is 0 Å². The Morgan fingerprint density at radius 2 is 1.59 bits per heavy atom. The van der Waals surface area contributed by atoms with E-state index in [0.29, 0.717) is 6.54 Å². The summed E-state index contributed by atoms with van der Waals surface area (Å²) in [6.07, 6.45) is 2.10. The maximum atomic E-state index is 12.4. The average molecular weight is 439 g/mol. The van der Waals surface area contributed by atoms with Crippen molar-refractivity contribution in [2.75, 3.05) is 65.9 Å². The van der Waals surface area contributed by atoms with Crippen molar-refractivity contribution in [1.29, 1.82) is 0 Å². The summed E-state index contributed by atoms with van der Waals surface area (Å²) < 4.78 is 17.6. The minimum absolute atomic E-state index is 0.276. The Bertz CT molecular complexity index is 964. The highest BCUT2D eigenvalue weighted by Gasteiger charge is 2.08. The first kappa shape index (κ1) is 24.0. The molecule has 0 unspecified atom stereocenters. The molecule has 0 saturated heterocycles. The molecule has 0 bridgehead atoms. The number of hydrogen-bond donors (Lipinski definition) is 1. The Hall–Kier alpha value is -2.70. The van der Waals surface area contributed by atoms with Gasteiger partial charge in [-0.05, 0) is 83.0 Å². The number of nitrogens with one attached hydrogen (secondary N) is 1. The van der Waals surface area contributed by atoms with Gasteiger partial charge in [-0.25, -0.2) is 9.37 Å². The molecule has 172 valence electrons. The number of alkyl halides is 1. The molecule has 0 aliphatic rings. The number of rotatable bonds is 13. The molecule has 1 aromatic heterocycles. The van der Waals surface area contributed by atoms with Gasteiger partial charge in [0.15, 0.2) is 0 Å². The van der Waals surface area contributed by atoms with Gasteiger partial charge < -0.3 is 19.9 Å². The summed E-state index contributed by atoms with van der Waals surface area (Å²) in [6.45, 7) is 4.12. The molecule has 0 amide bonds. The number of ether oxygens (including phenoxy) is 1. The zero-order chi connectivity index (χ0) is 22.8. The highest BCUT2D eigenvalue weighted by molar-refractivity contribution is 5.93. The number of benzene rings is 2. The number of fused-ring (bicyclic) bond motifs is 1. The van der Waals surface area contributed by atoms with Gasteiger partial charge in [0, 0.05) is 29.7 Å². The van der Waals surface area contributed by atoms with Crippen molar-refractivity contribution < 1.29 is 9.13 Å². The molecule has 0 aliphatic heterocycles. The topological polar surface area (TPSA) is 40.6 Å². The van der Waals surface area contributed by atoms with Crippen LogP contribution >= 0.6 is 0 Å². The van der Waals surface area contributed by atoms with E-state index in [1.54, 1.807) is 7.11 Å². The lowest BCUT2D eigenvalue weighted by molar-refractivity contribution is 0.262. The number of hydrogen-bond acceptors (Lipinski definition) is 5. The molecule has 2 aromatic carbocycles. The predicted molar refractivity (Wildman–Crippen MR) is 132 cm³/mol. The molecule has 0 radical (unpaired) electrons. The summed E-state index contributed by atoms with van der Waals surface area (Å²) in [5, 5.41) is 4.76. The molecule has 3 aromatic rings. The Morgan fingerprint density at radius 1 is 0.906 bits per heavy atom. The van der Waals surface area contributed by atoms with Crippen LogP contribution in [-0.2, 0) is 0 Å². The second-order valence-electron chi connectivity index (χ2n) is 8.23. The quantitative estimate of drug-likeness (QED) is 0.383. The Balaban J connectivity index is 1.58. The number of anilines is 1. The number of methoxy groups -OCH3 is 1. The first-order valence-electron chi connectivity index (χ1n) is 11.3. The van der Waals surface area contributed by atoms with Crippen LogP contribution in [0.4, 0.5) is 10.1 Å². The first-order valence-corrected chi connectivity index (χ1v) is 11.3. The highest BCUT2D eigenvalue weighted by Crippen LogP contribution is 2.29. The molecule has 32 heavy (non-hydrogen) atoms. The summed E-state index contributed by atoms with van der Waals surface area (Å²) in [7, 11) is 5.80. The van der Waals surface area contributed by atoms with Crippen molar-refractivity contribution in [3.63, 3.8) is 0 Å². The lowest BCUT2D eigenvalue weighted by atomic mass is 10.1. The van der Waals surface area contributed by atoms with E-state index in [1.165, 1.54) is 0 Å². The van der Waals surface area contributed by atoms with E-state index in [2.05, 4.69) is 41.5 Å². The number of aromatic nitrogens is 1. The number of pyridine rings is 1. The van der Waals surface area contributed by atoms with Crippen LogP contribution in [0.2, 0.25) is 0 Å². The molecule has 1 N–H and O–H groups in total. The molecular formula is C26H35FN4O. The minimum Gasteiger partial charge on any atom is -0.497 e. The van der Waals surface area contributed by atoms with E-state index >= 15 is 0 Å². The van der Waals surface area contributed by atoms with Crippen LogP contribution in [0.3, 0.4) is 0 Å². The lowest BCUT2D eigenvalue weighted by Gasteiger charge is -2.20. The van der Waals surface area contributed by atoms with Gasteiger partial charge in [0.1, 0.15) is 12.4 Å². The maximum absolute atomic E-state index is 12.4. The third-order valence-electron chi connectivity index (χ3n) is 5.68. The maximum Gasteiger partial charge on any atom is 0.118 e. The van der Waals surface area contributed by atoms with Crippen LogP contribution in [-0.4, -0.2) is 75.4 Å². The van der Waals surface area contributed by atoms with Crippen LogP contribution in [0, 0.1) is 0 Å². The van der Waals surface area contributed by atoms with Crippen LogP contribution in [0.15, 0.2) is 54.6 Å². The fourth-order valence-corrected chi connectivity index (χ4v) is 3.78. The summed E-state index contributed by atoms with van der Waals surface area (Å²) in [4.78, 5) is 9.25. The predicted octanol–water partition coefficient (Wildman–Crippen LogP) is 4.94. The van der Waals surface area contributed by atoms with E-state index in [-0.39, 0.29) is 6.67 Å². The zero-order valence-electron chi connectivity index (χ0n) is 19.5. The third-order valence-corrected chi connectivity index (χ3v) is 5.68. The molecule has 1 heterocycles. The molecule has 5 nitrogen and oxygen atoms in total. The standard InChI is InChI=1S/C26H35FN4O/c1-30(17-7-18-31(2)19-14-27)16-6-15-28-26-20-25(21-10-12-22(32-3)13-11-21)29-24-9-5-4-8-23(24)26/h4-5,8-13,20H,6-7,14-19H2,1-3H3,(H,28,29). The molecule has 0 spiro atoms. The van der Waals surface area contributed by atoms with Crippen LogP contribution in [0.1, 0.15) is 12.8 Å². The van der Waals surface area contributed by atoms with Crippen molar-refractivity contribution in [2.45, 2.75) is 12.8 Å². The van der Waals surface area contributed by atoms with Crippen molar-refractivity contribution in [1.82, 2.24) is 14.8 Å². The Morgan fingerprint density at radius 3 is 2.31 bits per heavy atom. The van der Waals surface area contributed by atoms with E-state index in [0.717, 1.165) is 72.6 Å². The van der Waals surface area contributed by atoms with Crippen molar-refractivity contribution in [2.24, 2.45) is 0 Å². The van der Waals surface area contributed by atoms with E-state index in [4.69, 9.17) is 9.72 Å². The summed E-state index contributed by atoms with van der Waals surface area (Å²) in [6, 6.07) is 18.4. The second-order valence-corrected chi connectivity index (χ2v) is 8.23. The van der Waals surface area contributed by atoms with Gasteiger partial charge in [-0.2, -0.15) is 0 Å². The smallest absolute Gasteiger partial charge is 0.118 e. The first-order chi connectivity index (χ1) is 15.6. The number of halogens is 1. The van der Waals surface area contributed by atoms with Crippen molar-refractivity contribution in [3.05, 3.63) is 54.6 Å². The van der Waals surface area contributed by atoms with Crippen LogP contribution in [0.5, 0.6) is 5.75 Å². The molecule has 6 heteroatoms. The van der Waals surface area contributed by atoms with Gasteiger partial charge >= 0.3 is 0 Å². The van der Waals surface area contributed by atoms with E-state index in [1.807, 2.05) is 42.3 Å². The molecule has 0 saturated carbocycles. The van der Waals surface area contributed by atoms with Gasteiger partial charge in [-0.15, -0.1) is 0 Å². The second kappa shape index (κ2) is 12.4. The summed E-state index contributed by atoms with van der Waals surface area (Å²) in [5.74, 6) is 0.839. The normalized spacial score (nSPS) is 11.4. The molecular weight excluding hydrogens is 403 g/mol. The van der Waals surface area contributed by atoms with Crippen molar-refractivity contribution >= 4 is 16.6 Å². The monoisotopic (exact) mass is 438 g/mol. The van der Waals surface area contributed by atoms with E-state index in [9.17, 15) is 4.39 Å². The van der Waals surface area contributed by atoms with Crippen LogP contribution < -0.4 is 10.1 Å². The minimum atomic E-state index is -0.276. The molecule has 0 fully saturated rings.